The third-order valence-electron chi connectivity index (χ3n) is 5.24. The number of ether oxygens (including phenoxy) is 1. The first kappa shape index (κ1) is 18.3. The van der Waals surface area contributed by atoms with E-state index in [0.717, 1.165) is 50.8 Å². The first-order chi connectivity index (χ1) is 12.7. The molecule has 0 amide bonds. The van der Waals surface area contributed by atoms with Crippen LogP contribution in [0.25, 0.3) is 0 Å². The maximum atomic E-state index is 6.40. The summed E-state index contributed by atoms with van der Waals surface area (Å²) in [6, 6.07) is 14.8. The van der Waals surface area contributed by atoms with Gasteiger partial charge in [-0.2, -0.15) is 0 Å². The Morgan fingerprint density at radius 3 is 2.73 bits per heavy atom. The fourth-order valence-electron chi connectivity index (χ4n) is 3.62. The van der Waals surface area contributed by atoms with Crippen LogP contribution in [-0.2, 0) is 11.2 Å². The van der Waals surface area contributed by atoms with Gasteiger partial charge in [-0.15, -0.1) is 0 Å². The largest absolute Gasteiger partial charge is 0.372 e. The van der Waals surface area contributed by atoms with E-state index in [-0.39, 0.29) is 6.10 Å². The summed E-state index contributed by atoms with van der Waals surface area (Å²) in [4.78, 5) is 7.46. The maximum Gasteiger partial charge on any atom is 0.0877 e. The molecule has 138 valence electrons. The predicted octanol–water partition coefficient (Wildman–Crippen LogP) is 4.35. The van der Waals surface area contributed by atoms with E-state index in [9.17, 15) is 0 Å². The van der Waals surface area contributed by atoms with Crippen molar-refractivity contribution in [2.24, 2.45) is 0 Å². The smallest absolute Gasteiger partial charge is 0.0877 e. The highest BCUT2D eigenvalue weighted by atomic mass is 35.5. The average molecular weight is 389 g/mol. The van der Waals surface area contributed by atoms with Gasteiger partial charge in [0.15, 0.2) is 0 Å². The Kier molecular flexibility index (Phi) is 5.87. The highest BCUT2D eigenvalue weighted by Crippen LogP contribution is 2.42. The quantitative estimate of drug-likeness (QED) is 0.773. The number of nitrogens with zero attached hydrogens (tertiary/aromatic N) is 2. The number of halogens is 1. The van der Waals surface area contributed by atoms with E-state index in [1.54, 1.807) is 0 Å². The molecule has 26 heavy (non-hydrogen) atoms. The Balaban J connectivity index is 1.47. The summed E-state index contributed by atoms with van der Waals surface area (Å²) < 4.78 is 6.40. The second kappa shape index (κ2) is 8.32. The van der Waals surface area contributed by atoms with Crippen LogP contribution < -0.4 is 0 Å². The second-order valence-corrected chi connectivity index (χ2v) is 8.62. The van der Waals surface area contributed by atoms with Crippen molar-refractivity contribution in [1.29, 1.82) is 0 Å². The topological polar surface area (TPSA) is 15.7 Å². The highest BCUT2D eigenvalue weighted by Gasteiger charge is 2.23. The van der Waals surface area contributed by atoms with Crippen LogP contribution in [0.15, 0.2) is 52.3 Å². The molecule has 4 rings (SSSR count). The fraction of sp³-hybridized carbons (Fsp3) is 0.429. The number of likely N-dealkylation sites (N-methyl/N-ethyl adjacent to an activating group) is 1. The van der Waals surface area contributed by atoms with Crippen molar-refractivity contribution in [2.45, 2.75) is 22.3 Å². The van der Waals surface area contributed by atoms with Crippen molar-refractivity contribution >= 4 is 23.4 Å². The van der Waals surface area contributed by atoms with Crippen LogP contribution in [0.2, 0.25) is 5.02 Å². The monoisotopic (exact) mass is 388 g/mol. The number of fused-ring (bicyclic) bond motifs is 2. The minimum atomic E-state index is 0.0888. The third-order valence-corrected chi connectivity index (χ3v) is 6.68. The second-order valence-electron chi connectivity index (χ2n) is 7.10. The zero-order valence-corrected chi connectivity index (χ0v) is 16.7. The molecule has 5 heteroatoms. The molecular formula is C21H25ClN2OS. The van der Waals surface area contributed by atoms with Crippen LogP contribution in [0.4, 0.5) is 0 Å². The molecule has 1 fully saturated rings. The summed E-state index contributed by atoms with van der Waals surface area (Å²) in [6.45, 7) is 6.33. The Bertz CT molecular complexity index is 761. The molecule has 0 saturated carbocycles. The maximum absolute atomic E-state index is 6.40. The summed E-state index contributed by atoms with van der Waals surface area (Å²) in [5, 5.41) is 0.798. The van der Waals surface area contributed by atoms with Gasteiger partial charge in [0.2, 0.25) is 0 Å². The van der Waals surface area contributed by atoms with E-state index in [2.05, 4.69) is 53.2 Å². The standard InChI is InChI=1S/C21H25ClN2OS/c1-23-8-10-24(11-9-23)12-13-25-19-15-16-14-17(22)6-7-20(16)26-21-5-3-2-4-18(19)21/h2-7,14,19H,8-13,15H2,1H3. The lowest BCUT2D eigenvalue weighted by atomic mass is 10.0. The Labute approximate surface area is 165 Å². The Morgan fingerprint density at radius 2 is 1.88 bits per heavy atom. The summed E-state index contributed by atoms with van der Waals surface area (Å²) in [6.07, 6.45) is 0.966. The molecule has 0 aliphatic carbocycles. The van der Waals surface area contributed by atoms with Crippen molar-refractivity contribution in [3.05, 3.63) is 58.6 Å². The zero-order valence-electron chi connectivity index (χ0n) is 15.2. The van der Waals surface area contributed by atoms with E-state index in [1.807, 2.05) is 17.8 Å². The van der Waals surface area contributed by atoms with Gasteiger partial charge < -0.3 is 9.64 Å². The first-order valence-electron chi connectivity index (χ1n) is 9.27. The molecule has 0 N–H and O–H groups in total. The van der Waals surface area contributed by atoms with E-state index in [0.29, 0.717) is 0 Å². The van der Waals surface area contributed by atoms with Crippen molar-refractivity contribution in [2.75, 3.05) is 46.4 Å². The van der Waals surface area contributed by atoms with Crippen molar-refractivity contribution in [1.82, 2.24) is 9.80 Å². The van der Waals surface area contributed by atoms with Crippen LogP contribution in [0.1, 0.15) is 17.2 Å². The van der Waals surface area contributed by atoms with Gasteiger partial charge in [-0.25, -0.2) is 0 Å². The molecule has 0 spiro atoms. The minimum absolute atomic E-state index is 0.0888. The summed E-state index contributed by atoms with van der Waals surface area (Å²) in [5.74, 6) is 0. The first-order valence-corrected chi connectivity index (χ1v) is 10.5. The summed E-state index contributed by atoms with van der Waals surface area (Å²) in [5.41, 5.74) is 2.58. The number of piperazine rings is 1. The van der Waals surface area contributed by atoms with Gasteiger partial charge in [-0.05, 0) is 42.4 Å². The number of hydrogen-bond donors (Lipinski definition) is 0. The SMILES string of the molecule is CN1CCN(CCOC2Cc3cc(Cl)ccc3Sc3ccccc32)CC1. The van der Waals surface area contributed by atoms with Crippen LogP contribution >= 0.6 is 23.4 Å². The molecule has 2 heterocycles. The van der Waals surface area contributed by atoms with E-state index in [4.69, 9.17) is 16.3 Å². The molecule has 3 nitrogen and oxygen atoms in total. The lowest BCUT2D eigenvalue weighted by molar-refractivity contribution is 0.0274. The fourth-order valence-corrected chi connectivity index (χ4v) is 4.92. The van der Waals surface area contributed by atoms with Gasteiger partial charge in [0.25, 0.3) is 0 Å². The molecular weight excluding hydrogens is 364 g/mol. The molecule has 1 saturated heterocycles. The van der Waals surface area contributed by atoms with E-state index < -0.39 is 0 Å². The lowest BCUT2D eigenvalue weighted by Gasteiger charge is -2.32. The molecule has 2 aliphatic rings. The average Bonchev–Trinajstić information content (AvgIpc) is 2.80. The number of hydrogen-bond acceptors (Lipinski definition) is 4. The number of benzene rings is 2. The van der Waals surface area contributed by atoms with E-state index in [1.165, 1.54) is 20.9 Å². The molecule has 2 aliphatic heterocycles. The van der Waals surface area contributed by atoms with Gasteiger partial charge in [-0.1, -0.05) is 41.6 Å². The normalized spacial score (nSPS) is 21.1. The van der Waals surface area contributed by atoms with Crippen LogP contribution in [0, 0.1) is 0 Å². The van der Waals surface area contributed by atoms with Crippen LogP contribution in [-0.4, -0.2) is 56.2 Å². The lowest BCUT2D eigenvalue weighted by Crippen LogP contribution is -2.45. The molecule has 2 aromatic rings. The number of rotatable bonds is 4. The van der Waals surface area contributed by atoms with Crippen LogP contribution in [0.3, 0.4) is 0 Å². The molecule has 0 radical (unpaired) electrons. The van der Waals surface area contributed by atoms with Gasteiger partial charge in [0.1, 0.15) is 0 Å². The molecule has 0 bridgehead atoms. The molecule has 1 unspecified atom stereocenters. The third kappa shape index (κ3) is 4.26. The van der Waals surface area contributed by atoms with Gasteiger partial charge >= 0.3 is 0 Å². The van der Waals surface area contributed by atoms with Crippen LogP contribution in [0.5, 0.6) is 0 Å². The van der Waals surface area contributed by atoms with Gasteiger partial charge in [0.05, 0.1) is 12.7 Å². The molecule has 2 aromatic carbocycles. The Hall–Kier alpha value is -1.04. The molecule has 0 aromatic heterocycles. The predicted molar refractivity (Wildman–Crippen MR) is 108 cm³/mol. The highest BCUT2D eigenvalue weighted by molar-refractivity contribution is 7.99. The minimum Gasteiger partial charge on any atom is -0.372 e. The summed E-state index contributed by atoms with van der Waals surface area (Å²) >= 11 is 8.07. The van der Waals surface area contributed by atoms with Gasteiger partial charge in [0, 0.05) is 54.0 Å². The Morgan fingerprint density at radius 1 is 1.08 bits per heavy atom. The van der Waals surface area contributed by atoms with Crippen molar-refractivity contribution in [3.8, 4) is 0 Å². The van der Waals surface area contributed by atoms with Crippen molar-refractivity contribution < 1.29 is 4.74 Å². The van der Waals surface area contributed by atoms with Gasteiger partial charge in [-0.3, -0.25) is 4.90 Å². The zero-order chi connectivity index (χ0) is 17.9. The summed E-state index contributed by atoms with van der Waals surface area (Å²) in [7, 11) is 2.19. The molecule has 1 atom stereocenters. The van der Waals surface area contributed by atoms with Crippen molar-refractivity contribution in [3.63, 3.8) is 0 Å². The van der Waals surface area contributed by atoms with E-state index >= 15 is 0 Å².